The SMILES string of the molecule is C[C@@H]1CCc2ncnc(N3CCN(C(=O)N(Cc4ccc(Cl)c(F)c4)C4CCNC4)CC3)c21. The molecule has 1 aromatic carbocycles. The summed E-state index contributed by atoms with van der Waals surface area (Å²) >= 11 is 5.85. The molecule has 1 aromatic heterocycles. The number of nitrogens with zero attached hydrogens (tertiary/aromatic N) is 5. The molecule has 0 spiro atoms. The van der Waals surface area contributed by atoms with Crippen molar-refractivity contribution in [1.82, 2.24) is 25.1 Å². The molecule has 1 unspecified atom stereocenters. The molecule has 2 fully saturated rings. The van der Waals surface area contributed by atoms with Crippen molar-refractivity contribution in [2.75, 3.05) is 44.2 Å². The van der Waals surface area contributed by atoms with E-state index in [0.29, 0.717) is 25.6 Å². The highest BCUT2D eigenvalue weighted by Crippen LogP contribution is 2.37. The molecule has 9 heteroatoms. The number of carbonyl (C=O) groups is 1. The van der Waals surface area contributed by atoms with Gasteiger partial charge >= 0.3 is 6.03 Å². The van der Waals surface area contributed by atoms with Crippen molar-refractivity contribution < 1.29 is 9.18 Å². The van der Waals surface area contributed by atoms with Gasteiger partial charge in [0.1, 0.15) is 18.0 Å². The van der Waals surface area contributed by atoms with Gasteiger partial charge in [-0.05, 0) is 49.4 Å². The van der Waals surface area contributed by atoms with E-state index in [2.05, 4.69) is 27.1 Å². The van der Waals surface area contributed by atoms with Gasteiger partial charge in [-0.3, -0.25) is 0 Å². The maximum Gasteiger partial charge on any atom is 0.320 e. The van der Waals surface area contributed by atoms with Crippen LogP contribution < -0.4 is 10.2 Å². The predicted octanol–water partition coefficient (Wildman–Crippen LogP) is 3.42. The molecule has 2 aromatic rings. The second-order valence-corrected chi connectivity index (χ2v) is 9.68. The Kier molecular flexibility index (Phi) is 6.38. The number of benzene rings is 1. The molecule has 2 amide bonds. The molecular formula is C24H30ClFN6O. The number of anilines is 1. The van der Waals surface area contributed by atoms with Gasteiger partial charge in [-0.2, -0.15) is 0 Å². The number of rotatable bonds is 4. The summed E-state index contributed by atoms with van der Waals surface area (Å²) in [7, 11) is 0. The lowest BCUT2D eigenvalue weighted by molar-refractivity contribution is 0.130. The number of nitrogens with one attached hydrogen (secondary N) is 1. The van der Waals surface area contributed by atoms with Crippen LogP contribution in [0.5, 0.6) is 0 Å². The van der Waals surface area contributed by atoms with Crippen molar-refractivity contribution in [2.24, 2.45) is 0 Å². The van der Waals surface area contributed by atoms with E-state index in [4.69, 9.17) is 11.6 Å². The van der Waals surface area contributed by atoms with E-state index >= 15 is 0 Å². The maximum atomic E-state index is 14.0. The van der Waals surface area contributed by atoms with E-state index in [0.717, 1.165) is 56.8 Å². The summed E-state index contributed by atoms with van der Waals surface area (Å²) in [6, 6.07) is 4.89. The lowest BCUT2D eigenvalue weighted by atomic mass is 10.1. The molecule has 3 aliphatic rings. The maximum absolute atomic E-state index is 14.0. The van der Waals surface area contributed by atoms with E-state index in [1.54, 1.807) is 18.5 Å². The largest absolute Gasteiger partial charge is 0.353 e. The van der Waals surface area contributed by atoms with Gasteiger partial charge < -0.3 is 20.0 Å². The molecule has 1 N–H and O–H groups in total. The fourth-order valence-corrected chi connectivity index (χ4v) is 5.38. The zero-order valence-corrected chi connectivity index (χ0v) is 19.7. The van der Waals surface area contributed by atoms with Crippen LogP contribution in [0.15, 0.2) is 24.5 Å². The Hall–Kier alpha value is -2.45. The minimum absolute atomic E-state index is 0.0139. The fourth-order valence-electron chi connectivity index (χ4n) is 5.26. The first-order valence-corrected chi connectivity index (χ1v) is 12.2. The van der Waals surface area contributed by atoms with Crippen molar-refractivity contribution >= 4 is 23.4 Å². The fraction of sp³-hybridized carbons (Fsp3) is 0.542. The molecule has 7 nitrogen and oxygen atoms in total. The van der Waals surface area contributed by atoms with E-state index in [-0.39, 0.29) is 17.1 Å². The predicted molar refractivity (Wildman–Crippen MR) is 126 cm³/mol. The van der Waals surface area contributed by atoms with Gasteiger partial charge in [-0.15, -0.1) is 0 Å². The van der Waals surface area contributed by atoms with Crippen molar-refractivity contribution in [3.05, 3.63) is 52.2 Å². The van der Waals surface area contributed by atoms with Gasteiger partial charge in [0.25, 0.3) is 0 Å². The van der Waals surface area contributed by atoms with Crippen molar-refractivity contribution in [3.8, 4) is 0 Å². The van der Waals surface area contributed by atoms with Crippen LogP contribution >= 0.6 is 11.6 Å². The van der Waals surface area contributed by atoms with Crippen LogP contribution in [-0.2, 0) is 13.0 Å². The number of aryl methyl sites for hydroxylation is 1. The highest BCUT2D eigenvalue weighted by atomic mass is 35.5. The van der Waals surface area contributed by atoms with Crippen molar-refractivity contribution in [2.45, 2.75) is 44.7 Å². The summed E-state index contributed by atoms with van der Waals surface area (Å²) in [5.74, 6) is 1.05. The first kappa shape index (κ1) is 22.3. The molecule has 2 aliphatic heterocycles. The van der Waals surface area contributed by atoms with E-state index in [1.807, 2.05) is 9.80 Å². The molecular weight excluding hydrogens is 443 g/mol. The number of piperazine rings is 1. The lowest BCUT2D eigenvalue weighted by Crippen LogP contribution is -2.55. The number of aromatic nitrogens is 2. The van der Waals surface area contributed by atoms with Gasteiger partial charge in [0.2, 0.25) is 0 Å². The normalized spacial score (nSPS) is 22.5. The molecule has 2 saturated heterocycles. The molecule has 33 heavy (non-hydrogen) atoms. The standard InChI is InChI=1S/C24H30ClFN6O/c1-16-2-5-21-22(16)23(29-15-28-21)30-8-10-31(11-9-30)24(33)32(18-6-7-27-13-18)14-17-3-4-19(25)20(26)12-17/h3-4,12,15-16,18,27H,2,5-11,13-14H2,1H3/t16-,18?/m1/s1. The topological polar surface area (TPSA) is 64.6 Å². The zero-order valence-electron chi connectivity index (χ0n) is 18.9. The van der Waals surface area contributed by atoms with Gasteiger partial charge in [-0.1, -0.05) is 24.6 Å². The van der Waals surface area contributed by atoms with Crippen LogP contribution in [-0.4, -0.2) is 71.1 Å². The van der Waals surface area contributed by atoms with Crippen LogP contribution in [0.1, 0.15) is 42.5 Å². The third-order valence-corrected chi connectivity index (χ3v) is 7.47. The molecule has 0 radical (unpaired) electrons. The van der Waals surface area contributed by atoms with Gasteiger partial charge in [0.05, 0.1) is 5.02 Å². The summed E-state index contributed by atoms with van der Waals surface area (Å²) in [6.07, 6.45) is 4.70. The van der Waals surface area contributed by atoms with Crippen LogP contribution in [0, 0.1) is 5.82 Å². The Morgan fingerprint density at radius 1 is 1.24 bits per heavy atom. The summed E-state index contributed by atoms with van der Waals surface area (Å²) in [5, 5.41) is 3.44. The monoisotopic (exact) mass is 472 g/mol. The first-order chi connectivity index (χ1) is 16.0. The van der Waals surface area contributed by atoms with Crippen LogP contribution in [0.25, 0.3) is 0 Å². The third kappa shape index (κ3) is 4.51. The van der Waals surface area contributed by atoms with Crippen molar-refractivity contribution in [1.29, 1.82) is 0 Å². The molecule has 176 valence electrons. The van der Waals surface area contributed by atoms with E-state index in [1.165, 1.54) is 17.3 Å². The molecule has 0 saturated carbocycles. The Labute approximate surface area is 198 Å². The van der Waals surface area contributed by atoms with Gasteiger partial charge in [0, 0.05) is 56.6 Å². The van der Waals surface area contributed by atoms with Crippen LogP contribution in [0.2, 0.25) is 5.02 Å². The molecule has 1 aliphatic carbocycles. The number of carbonyl (C=O) groups excluding carboxylic acids is 1. The highest BCUT2D eigenvalue weighted by Gasteiger charge is 2.33. The quantitative estimate of drug-likeness (QED) is 0.738. The average Bonchev–Trinajstić information content (AvgIpc) is 3.50. The lowest BCUT2D eigenvalue weighted by Gasteiger charge is -2.40. The van der Waals surface area contributed by atoms with E-state index in [9.17, 15) is 9.18 Å². The minimum atomic E-state index is -0.452. The van der Waals surface area contributed by atoms with Gasteiger partial charge in [0.15, 0.2) is 0 Å². The molecule has 0 bridgehead atoms. The highest BCUT2D eigenvalue weighted by molar-refractivity contribution is 6.30. The minimum Gasteiger partial charge on any atom is -0.353 e. The average molecular weight is 473 g/mol. The first-order valence-electron chi connectivity index (χ1n) is 11.8. The summed E-state index contributed by atoms with van der Waals surface area (Å²) in [6.45, 7) is 7.01. The number of fused-ring (bicyclic) bond motifs is 1. The number of hydrogen-bond acceptors (Lipinski definition) is 5. The molecule has 3 heterocycles. The summed E-state index contributed by atoms with van der Waals surface area (Å²) < 4.78 is 14.0. The molecule has 2 atom stereocenters. The number of amides is 2. The summed E-state index contributed by atoms with van der Waals surface area (Å²) in [4.78, 5) is 28.8. The second kappa shape index (κ2) is 9.43. The van der Waals surface area contributed by atoms with Crippen LogP contribution in [0.3, 0.4) is 0 Å². The Balaban J connectivity index is 1.29. The molecule has 5 rings (SSSR count). The number of hydrogen-bond donors (Lipinski definition) is 1. The van der Waals surface area contributed by atoms with Crippen LogP contribution in [0.4, 0.5) is 15.0 Å². The number of halogens is 2. The van der Waals surface area contributed by atoms with Crippen molar-refractivity contribution in [3.63, 3.8) is 0 Å². The van der Waals surface area contributed by atoms with Gasteiger partial charge in [-0.25, -0.2) is 19.2 Å². The summed E-state index contributed by atoms with van der Waals surface area (Å²) in [5.41, 5.74) is 3.20. The third-order valence-electron chi connectivity index (χ3n) is 7.16. The Bertz CT molecular complexity index is 1020. The number of urea groups is 1. The Morgan fingerprint density at radius 2 is 2.06 bits per heavy atom. The zero-order chi connectivity index (χ0) is 22.9. The Morgan fingerprint density at radius 3 is 2.79 bits per heavy atom. The second-order valence-electron chi connectivity index (χ2n) is 9.28. The van der Waals surface area contributed by atoms with E-state index < -0.39 is 5.82 Å². The smallest absolute Gasteiger partial charge is 0.320 e.